The number of piperidine rings is 2. The summed E-state index contributed by atoms with van der Waals surface area (Å²) >= 11 is 1.35. The van der Waals surface area contributed by atoms with E-state index in [-0.39, 0.29) is 23.7 Å². The lowest BCUT2D eigenvalue weighted by Crippen LogP contribution is -2.52. The topological polar surface area (TPSA) is 122 Å². The van der Waals surface area contributed by atoms with Gasteiger partial charge in [-0.25, -0.2) is 4.79 Å². The van der Waals surface area contributed by atoms with Crippen molar-refractivity contribution < 1.29 is 19.2 Å². The smallest absolute Gasteiger partial charge is 0.410 e. The van der Waals surface area contributed by atoms with Gasteiger partial charge in [-0.05, 0) is 51.4 Å². The summed E-state index contributed by atoms with van der Waals surface area (Å²) in [5.41, 5.74) is -0.581. The predicted octanol–water partition coefficient (Wildman–Crippen LogP) is 3.04. The van der Waals surface area contributed by atoms with E-state index in [2.05, 4.69) is 10.3 Å². The highest BCUT2D eigenvalue weighted by Gasteiger charge is 2.34. The van der Waals surface area contributed by atoms with Gasteiger partial charge in [0.2, 0.25) is 11.7 Å². The minimum atomic E-state index is -0.581. The van der Waals surface area contributed by atoms with E-state index in [0.717, 1.165) is 19.3 Å². The SMILES string of the molecule is CC(C)(C)OC(=O)N1CCCC(C(=O)NC2CCCN(c3nc4sccn4c3[N+](=O)[O-])C2)C1. The average Bonchev–Trinajstić information content (AvgIpc) is 3.34. The molecule has 2 aliphatic rings. The molecule has 2 saturated heterocycles. The van der Waals surface area contributed by atoms with Gasteiger partial charge in [-0.15, -0.1) is 0 Å². The fraction of sp³-hybridized carbons (Fsp3) is 0.667. The Labute approximate surface area is 195 Å². The quantitative estimate of drug-likeness (QED) is 0.529. The van der Waals surface area contributed by atoms with Gasteiger partial charge in [-0.3, -0.25) is 4.79 Å². The van der Waals surface area contributed by atoms with E-state index < -0.39 is 16.6 Å². The number of nitro groups is 1. The molecule has 0 aromatic carbocycles. The molecule has 4 heterocycles. The van der Waals surface area contributed by atoms with Crippen molar-refractivity contribution in [3.8, 4) is 0 Å². The molecule has 2 amide bonds. The monoisotopic (exact) mass is 478 g/mol. The molecule has 180 valence electrons. The Bertz CT molecular complexity index is 1040. The molecule has 0 bridgehead atoms. The second kappa shape index (κ2) is 9.16. The van der Waals surface area contributed by atoms with Crippen molar-refractivity contribution in [3.63, 3.8) is 0 Å². The second-order valence-electron chi connectivity index (χ2n) is 9.63. The molecule has 2 aromatic rings. The maximum Gasteiger partial charge on any atom is 0.410 e. The lowest BCUT2D eigenvalue weighted by atomic mass is 9.96. The minimum Gasteiger partial charge on any atom is -0.444 e. The lowest BCUT2D eigenvalue weighted by molar-refractivity contribution is -0.389. The molecule has 2 unspecified atom stereocenters. The highest BCUT2D eigenvalue weighted by molar-refractivity contribution is 7.15. The van der Waals surface area contributed by atoms with Crippen molar-refractivity contribution >= 4 is 39.9 Å². The fourth-order valence-electron chi connectivity index (χ4n) is 4.43. The minimum absolute atomic E-state index is 0.0430. The van der Waals surface area contributed by atoms with Crippen LogP contribution in [0, 0.1) is 16.0 Å². The molecule has 4 rings (SSSR count). The molecule has 2 aliphatic heterocycles. The van der Waals surface area contributed by atoms with Gasteiger partial charge in [-0.2, -0.15) is 9.38 Å². The first-order valence-corrected chi connectivity index (χ1v) is 12.1. The second-order valence-corrected chi connectivity index (χ2v) is 10.5. The van der Waals surface area contributed by atoms with E-state index >= 15 is 0 Å². The van der Waals surface area contributed by atoms with Crippen LogP contribution in [0.2, 0.25) is 0 Å². The molecule has 1 N–H and O–H groups in total. The number of ether oxygens (including phenoxy) is 1. The van der Waals surface area contributed by atoms with Crippen molar-refractivity contribution in [1.82, 2.24) is 19.6 Å². The van der Waals surface area contributed by atoms with E-state index in [9.17, 15) is 19.7 Å². The van der Waals surface area contributed by atoms with Gasteiger partial charge in [0.25, 0.3) is 4.96 Å². The zero-order valence-corrected chi connectivity index (χ0v) is 20.0. The molecule has 33 heavy (non-hydrogen) atoms. The first-order valence-electron chi connectivity index (χ1n) is 11.3. The molecular weight excluding hydrogens is 448 g/mol. The molecule has 0 saturated carbocycles. The molecule has 2 aromatic heterocycles. The first-order chi connectivity index (χ1) is 15.6. The van der Waals surface area contributed by atoms with Crippen molar-refractivity contribution in [2.24, 2.45) is 5.92 Å². The van der Waals surface area contributed by atoms with Gasteiger partial charge in [0.05, 0.1) is 5.92 Å². The van der Waals surface area contributed by atoms with Crippen LogP contribution in [0.15, 0.2) is 11.6 Å². The summed E-state index contributed by atoms with van der Waals surface area (Å²) in [6.45, 7) is 7.48. The number of nitrogens with one attached hydrogen (secondary N) is 1. The third kappa shape index (κ3) is 5.21. The standard InChI is InChI=1S/C21H30N6O5S/c1-21(2,3)32-20(29)25-9-4-6-14(12-25)17(28)22-15-7-5-8-24(13-15)16-18(27(30)31)26-10-11-33-19(26)23-16/h10-11,14-15H,4-9,12-13H2,1-3H3,(H,22,28). The van der Waals surface area contributed by atoms with Crippen LogP contribution in [0.4, 0.5) is 16.4 Å². The Morgan fingerprint density at radius 2 is 2.00 bits per heavy atom. The molecular formula is C21H30N6O5S. The number of fused-ring (bicyclic) bond motifs is 1. The summed E-state index contributed by atoms with van der Waals surface area (Å²) in [6.07, 6.45) is 4.30. The van der Waals surface area contributed by atoms with Crippen molar-refractivity contribution in [2.45, 2.75) is 58.1 Å². The molecule has 2 atom stereocenters. The van der Waals surface area contributed by atoms with Crippen molar-refractivity contribution in [1.29, 1.82) is 0 Å². The van der Waals surface area contributed by atoms with Gasteiger partial charge in [0.15, 0.2) is 0 Å². The number of thiazole rings is 1. The average molecular weight is 479 g/mol. The van der Waals surface area contributed by atoms with Crippen LogP contribution in [0.1, 0.15) is 46.5 Å². The lowest BCUT2D eigenvalue weighted by Gasteiger charge is -2.36. The van der Waals surface area contributed by atoms with E-state index in [1.807, 2.05) is 25.7 Å². The van der Waals surface area contributed by atoms with Crippen LogP contribution in [0.25, 0.3) is 4.96 Å². The summed E-state index contributed by atoms with van der Waals surface area (Å²) in [7, 11) is 0. The third-order valence-corrected chi connectivity index (χ3v) is 6.66. The largest absolute Gasteiger partial charge is 0.444 e. The Morgan fingerprint density at radius 1 is 1.24 bits per heavy atom. The predicted molar refractivity (Wildman–Crippen MR) is 124 cm³/mol. The number of amides is 2. The summed E-state index contributed by atoms with van der Waals surface area (Å²) in [6, 6.07) is -0.137. The van der Waals surface area contributed by atoms with E-state index in [1.54, 1.807) is 16.5 Å². The van der Waals surface area contributed by atoms with Gasteiger partial charge in [0.1, 0.15) is 11.8 Å². The summed E-state index contributed by atoms with van der Waals surface area (Å²) < 4.78 is 6.95. The fourth-order valence-corrected chi connectivity index (χ4v) is 5.14. The molecule has 12 heteroatoms. The van der Waals surface area contributed by atoms with Gasteiger partial charge >= 0.3 is 11.9 Å². The zero-order chi connectivity index (χ0) is 23.8. The van der Waals surface area contributed by atoms with Gasteiger partial charge in [-0.1, -0.05) is 11.3 Å². The highest BCUT2D eigenvalue weighted by atomic mass is 32.1. The van der Waals surface area contributed by atoms with Crippen LogP contribution >= 0.6 is 11.3 Å². The molecule has 0 aliphatic carbocycles. The maximum absolute atomic E-state index is 13.0. The van der Waals surface area contributed by atoms with Crippen molar-refractivity contribution in [2.75, 3.05) is 31.1 Å². The number of nitrogens with zero attached hydrogens (tertiary/aromatic N) is 5. The molecule has 2 fully saturated rings. The summed E-state index contributed by atoms with van der Waals surface area (Å²) in [5.74, 6) is -0.0811. The van der Waals surface area contributed by atoms with Crippen LogP contribution in [-0.4, -0.2) is 69.0 Å². The third-order valence-electron chi connectivity index (χ3n) is 5.90. The Morgan fingerprint density at radius 3 is 2.73 bits per heavy atom. The Hall–Kier alpha value is -2.89. The zero-order valence-electron chi connectivity index (χ0n) is 19.2. The first kappa shape index (κ1) is 23.3. The van der Waals surface area contributed by atoms with Crippen LogP contribution in [0.5, 0.6) is 0 Å². The summed E-state index contributed by atoms with van der Waals surface area (Å²) in [4.78, 5) is 45.2. The maximum atomic E-state index is 13.0. The Balaban J connectivity index is 1.39. The van der Waals surface area contributed by atoms with Crippen molar-refractivity contribution in [3.05, 3.63) is 21.7 Å². The van der Waals surface area contributed by atoms with Crippen LogP contribution in [-0.2, 0) is 9.53 Å². The molecule has 0 radical (unpaired) electrons. The molecule has 11 nitrogen and oxygen atoms in total. The van der Waals surface area contributed by atoms with Crippen LogP contribution in [0.3, 0.4) is 0 Å². The van der Waals surface area contributed by atoms with E-state index in [1.165, 1.54) is 15.7 Å². The number of carbonyl (C=O) groups excluding carboxylic acids is 2. The van der Waals surface area contributed by atoms with Gasteiger partial charge in [0, 0.05) is 37.6 Å². The van der Waals surface area contributed by atoms with Gasteiger partial charge < -0.3 is 30.0 Å². The molecule has 0 spiro atoms. The van der Waals surface area contributed by atoms with E-state index in [4.69, 9.17) is 4.74 Å². The number of carbonyl (C=O) groups is 2. The van der Waals surface area contributed by atoms with Crippen LogP contribution < -0.4 is 10.2 Å². The number of aromatic nitrogens is 2. The Kier molecular flexibility index (Phi) is 6.46. The highest BCUT2D eigenvalue weighted by Crippen LogP contribution is 2.32. The number of hydrogen-bond acceptors (Lipinski definition) is 8. The number of rotatable bonds is 4. The number of hydrogen-bond donors (Lipinski definition) is 1. The normalized spacial score (nSPS) is 21.8. The number of imidazole rings is 1. The van der Waals surface area contributed by atoms with E-state index in [0.29, 0.717) is 43.4 Å². The number of likely N-dealkylation sites (tertiary alicyclic amines) is 1. The summed E-state index contributed by atoms with van der Waals surface area (Å²) in [5, 5.41) is 16.6. The number of anilines is 1.